The smallest absolute Gasteiger partial charge is 0.171 e. The molecule has 0 radical (unpaired) electrons. The lowest BCUT2D eigenvalue weighted by atomic mass is 9.41. The van der Waals surface area contributed by atoms with Crippen molar-refractivity contribution in [1.29, 1.82) is 0 Å². The standard InChI is InChI=1S/C28H46O4/c1-16-8-11-28(31-14-16)17(2)23-22(32-28)13-21-20-7-6-18-12-19(29)9-10-25(18,3)24(20)27(5,30)15-26(21,23)4/h16-24,29-30H,6-15H2,1-5H3/t16?,17?,18?,19-,20?,21?,22?,23?,24?,25-,26-,27-,28+/m0/s1. The van der Waals surface area contributed by atoms with E-state index < -0.39 is 5.60 Å². The second kappa shape index (κ2) is 6.95. The Kier molecular flexibility index (Phi) is 4.85. The number of rotatable bonds is 0. The van der Waals surface area contributed by atoms with Gasteiger partial charge in [0.05, 0.1) is 24.4 Å². The van der Waals surface area contributed by atoms with Crippen LogP contribution in [0.1, 0.15) is 92.4 Å². The minimum atomic E-state index is -0.655. The van der Waals surface area contributed by atoms with Gasteiger partial charge in [0.1, 0.15) is 0 Å². The molecule has 4 aliphatic carbocycles. The van der Waals surface area contributed by atoms with Crippen LogP contribution in [0.3, 0.4) is 0 Å². The normalized spacial score (nSPS) is 64.0. The Morgan fingerprint density at radius 1 is 0.906 bits per heavy atom. The Bertz CT molecular complexity index is 757. The topological polar surface area (TPSA) is 58.9 Å². The molecule has 0 bridgehead atoms. The molecule has 4 saturated carbocycles. The van der Waals surface area contributed by atoms with E-state index >= 15 is 0 Å². The zero-order chi connectivity index (χ0) is 22.7. The molecule has 1 spiro atoms. The summed E-state index contributed by atoms with van der Waals surface area (Å²) in [5.74, 6) is 3.21. The molecule has 2 N–H and O–H groups in total. The van der Waals surface area contributed by atoms with Crippen LogP contribution in [-0.2, 0) is 9.47 Å². The van der Waals surface area contributed by atoms with Gasteiger partial charge in [-0.2, -0.15) is 0 Å². The van der Waals surface area contributed by atoms with Crippen molar-refractivity contribution in [3.8, 4) is 0 Å². The Morgan fingerprint density at radius 3 is 2.41 bits per heavy atom. The van der Waals surface area contributed by atoms with E-state index in [1.807, 2.05) is 0 Å². The van der Waals surface area contributed by atoms with Crippen molar-refractivity contribution in [1.82, 2.24) is 0 Å². The number of hydrogen-bond acceptors (Lipinski definition) is 4. The molecule has 4 nitrogen and oxygen atoms in total. The molecule has 6 rings (SSSR count). The van der Waals surface area contributed by atoms with Gasteiger partial charge in [0.25, 0.3) is 0 Å². The predicted octanol–water partition coefficient (Wildman–Crippen LogP) is 5.15. The second-order valence-electron chi connectivity index (χ2n) is 14.0. The van der Waals surface area contributed by atoms with Crippen molar-refractivity contribution in [2.45, 2.75) is 116 Å². The summed E-state index contributed by atoms with van der Waals surface area (Å²) in [5.41, 5.74) is -0.388. The summed E-state index contributed by atoms with van der Waals surface area (Å²) < 4.78 is 13.3. The van der Waals surface area contributed by atoms with E-state index in [2.05, 4.69) is 34.6 Å². The van der Waals surface area contributed by atoms with E-state index in [0.717, 1.165) is 45.1 Å². The highest BCUT2D eigenvalue weighted by molar-refractivity contribution is 5.19. The van der Waals surface area contributed by atoms with Crippen LogP contribution in [0.25, 0.3) is 0 Å². The fourth-order valence-corrected chi connectivity index (χ4v) is 11.0. The Hall–Kier alpha value is -0.160. The molecule has 2 aliphatic heterocycles. The van der Waals surface area contributed by atoms with Crippen molar-refractivity contribution in [3.63, 3.8) is 0 Å². The Labute approximate surface area is 194 Å². The maximum Gasteiger partial charge on any atom is 0.171 e. The molecule has 6 fully saturated rings. The van der Waals surface area contributed by atoms with Crippen LogP contribution >= 0.6 is 0 Å². The van der Waals surface area contributed by atoms with E-state index in [1.54, 1.807) is 0 Å². The van der Waals surface area contributed by atoms with Gasteiger partial charge in [-0.3, -0.25) is 0 Å². The van der Waals surface area contributed by atoms with Crippen LogP contribution in [0.5, 0.6) is 0 Å². The van der Waals surface area contributed by atoms with Crippen molar-refractivity contribution in [2.75, 3.05) is 6.61 Å². The summed E-state index contributed by atoms with van der Waals surface area (Å²) in [6, 6.07) is 0. The molecule has 4 heteroatoms. The average Bonchev–Trinajstić information content (AvgIpc) is 3.14. The van der Waals surface area contributed by atoms with Gasteiger partial charge in [-0.25, -0.2) is 0 Å². The summed E-state index contributed by atoms with van der Waals surface area (Å²) in [6.07, 6.45) is 9.71. The highest BCUT2D eigenvalue weighted by Gasteiger charge is 2.72. The number of aliphatic hydroxyl groups is 2. The minimum Gasteiger partial charge on any atom is -0.393 e. The van der Waals surface area contributed by atoms with Gasteiger partial charge >= 0.3 is 0 Å². The first-order chi connectivity index (χ1) is 15.0. The zero-order valence-corrected chi connectivity index (χ0v) is 21.0. The lowest BCUT2D eigenvalue weighted by molar-refractivity contribution is -0.276. The molecule has 0 aromatic carbocycles. The molecule has 32 heavy (non-hydrogen) atoms. The molecule has 0 amide bonds. The molecule has 2 saturated heterocycles. The Morgan fingerprint density at radius 2 is 1.69 bits per heavy atom. The predicted molar refractivity (Wildman–Crippen MR) is 124 cm³/mol. The van der Waals surface area contributed by atoms with Crippen LogP contribution in [0, 0.1) is 52.3 Å². The third-order valence-electron chi connectivity index (χ3n) is 12.1. The van der Waals surface area contributed by atoms with Gasteiger partial charge in [0, 0.05) is 12.3 Å². The van der Waals surface area contributed by atoms with Gasteiger partial charge in [-0.05, 0) is 105 Å². The van der Waals surface area contributed by atoms with Crippen LogP contribution in [0.4, 0.5) is 0 Å². The SMILES string of the molecule is CC1CC[C@@]2(OC1)OC1CC3C4CCC5C[C@@H](O)CC[C@]5(C)C4[C@@](C)(O)C[C@]3(C)C1C2C. The van der Waals surface area contributed by atoms with Crippen molar-refractivity contribution in [2.24, 2.45) is 52.3 Å². The number of ether oxygens (including phenoxy) is 2. The first-order valence-electron chi connectivity index (χ1n) is 13.7. The largest absolute Gasteiger partial charge is 0.393 e. The molecular formula is C28H46O4. The van der Waals surface area contributed by atoms with E-state index in [4.69, 9.17) is 9.47 Å². The zero-order valence-electron chi connectivity index (χ0n) is 21.0. The average molecular weight is 447 g/mol. The first kappa shape index (κ1) is 22.3. The highest BCUT2D eigenvalue weighted by atomic mass is 16.7. The molecule has 2 heterocycles. The quantitative estimate of drug-likeness (QED) is 0.540. The van der Waals surface area contributed by atoms with Crippen LogP contribution in [-0.4, -0.2) is 40.4 Å². The van der Waals surface area contributed by atoms with Gasteiger partial charge in [-0.15, -0.1) is 0 Å². The van der Waals surface area contributed by atoms with Crippen LogP contribution in [0.2, 0.25) is 0 Å². The fourth-order valence-electron chi connectivity index (χ4n) is 11.0. The molecule has 0 aromatic heterocycles. The number of fused-ring (bicyclic) bond motifs is 7. The van der Waals surface area contributed by atoms with Crippen LogP contribution < -0.4 is 0 Å². The molecule has 13 atom stereocenters. The summed E-state index contributed by atoms with van der Waals surface area (Å²) in [7, 11) is 0. The molecule has 0 aromatic rings. The number of hydrogen-bond donors (Lipinski definition) is 2. The van der Waals surface area contributed by atoms with E-state index in [-0.39, 0.29) is 28.8 Å². The van der Waals surface area contributed by atoms with E-state index in [1.165, 1.54) is 19.3 Å². The second-order valence-corrected chi connectivity index (χ2v) is 14.0. The fraction of sp³-hybridized carbons (Fsp3) is 1.00. The number of aliphatic hydroxyl groups excluding tert-OH is 1. The van der Waals surface area contributed by atoms with Gasteiger partial charge in [0.15, 0.2) is 5.79 Å². The summed E-state index contributed by atoms with van der Waals surface area (Å²) in [6.45, 7) is 12.6. The van der Waals surface area contributed by atoms with Gasteiger partial charge < -0.3 is 19.7 Å². The Balaban J connectivity index is 1.33. The third-order valence-corrected chi connectivity index (χ3v) is 12.1. The summed E-state index contributed by atoms with van der Waals surface area (Å²) in [5, 5.41) is 22.5. The minimum absolute atomic E-state index is 0.113. The lowest BCUT2D eigenvalue weighted by Crippen LogP contribution is -2.64. The summed E-state index contributed by atoms with van der Waals surface area (Å²) >= 11 is 0. The van der Waals surface area contributed by atoms with Crippen molar-refractivity contribution in [3.05, 3.63) is 0 Å². The molecule has 6 aliphatic rings. The third kappa shape index (κ3) is 2.82. The first-order valence-corrected chi connectivity index (χ1v) is 13.7. The van der Waals surface area contributed by atoms with Crippen molar-refractivity contribution >= 4 is 0 Å². The monoisotopic (exact) mass is 446 g/mol. The van der Waals surface area contributed by atoms with Gasteiger partial charge in [-0.1, -0.05) is 27.7 Å². The molecule has 8 unspecified atom stereocenters. The van der Waals surface area contributed by atoms with Crippen molar-refractivity contribution < 1.29 is 19.7 Å². The molecule has 182 valence electrons. The summed E-state index contributed by atoms with van der Waals surface area (Å²) in [4.78, 5) is 0. The maximum absolute atomic E-state index is 12.2. The lowest BCUT2D eigenvalue weighted by Gasteiger charge is -2.65. The molecular weight excluding hydrogens is 400 g/mol. The van der Waals surface area contributed by atoms with Crippen LogP contribution in [0.15, 0.2) is 0 Å². The van der Waals surface area contributed by atoms with E-state index in [0.29, 0.717) is 41.4 Å². The van der Waals surface area contributed by atoms with E-state index in [9.17, 15) is 10.2 Å². The highest BCUT2D eigenvalue weighted by Crippen LogP contribution is 2.73. The maximum atomic E-state index is 12.2. The van der Waals surface area contributed by atoms with Gasteiger partial charge in [0.2, 0.25) is 0 Å².